The normalized spacial score (nSPS) is 18.8. The molecule has 0 spiro atoms. The first kappa shape index (κ1) is 46.3. The summed E-state index contributed by atoms with van der Waals surface area (Å²) in [6.07, 6.45) is 16.6. The third kappa shape index (κ3) is 19.1. The maximum atomic E-state index is 13.0. The summed E-state index contributed by atoms with van der Waals surface area (Å²) < 4.78 is 25.3. The number of hydrogen-bond donors (Lipinski definition) is 0. The average molecular weight is 771 g/mol. The Kier molecular flexibility index (Phi) is 21.2. The van der Waals surface area contributed by atoms with Gasteiger partial charge in [-0.3, -0.25) is 9.59 Å². The minimum Gasteiger partial charge on any atom is -0.461 e. The summed E-state index contributed by atoms with van der Waals surface area (Å²) in [5, 5.41) is 0.472. The highest BCUT2D eigenvalue weighted by atomic mass is 32.2. The van der Waals surface area contributed by atoms with Gasteiger partial charge in [-0.05, 0) is 78.8 Å². The molecule has 0 aromatic carbocycles. The van der Waals surface area contributed by atoms with Crippen LogP contribution in [0.5, 0.6) is 0 Å². The zero-order valence-electron chi connectivity index (χ0n) is 33.6. The van der Waals surface area contributed by atoms with E-state index in [4.69, 9.17) is 17.7 Å². The molecule has 0 aromatic heterocycles. The van der Waals surface area contributed by atoms with Crippen molar-refractivity contribution >= 4 is 59.9 Å². The van der Waals surface area contributed by atoms with Crippen molar-refractivity contribution in [3.63, 3.8) is 0 Å². The largest absolute Gasteiger partial charge is 0.461 e. The lowest BCUT2D eigenvalue weighted by Crippen LogP contribution is -2.41. The SMILES string of the molecule is C=CCOC(=O)CCCCCSC1=C(OC(=O)CCC)C[C@@H]([Si](C)(C)O[SiH2]C(C)(C)C)[C@@H]1/C=C/[C@H](CCCCC)[Si](C)(C)O[SiH2]C(C)(C)C. The maximum Gasteiger partial charge on any atom is 0.310 e. The smallest absolute Gasteiger partial charge is 0.310 e. The van der Waals surface area contributed by atoms with E-state index < -0.39 is 36.2 Å². The fourth-order valence-electron chi connectivity index (χ4n) is 5.87. The molecular weight excluding hydrogens is 697 g/mol. The van der Waals surface area contributed by atoms with Crippen LogP contribution in [-0.2, 0) is 27.3 Å². The van der Waals surface area contributed by atoms with Crippen molar-refractivity contribution in [2.45, 2.75) is 173 Å². The van der Waals surface area contributed by atoms with E-state index in [2.05, 4.69) is 93.4 Å². The van der Waals surface area contributed by atoms with Gasteiger partial charge in [0.25, 0.3) is 0 Å². The van der Waals surface area contributed by atoms with Crippen LogP contribution in [0.25, 0.3) is 0 Å². The Morgan fingerprint density at radius 1 is 0.898 bits per heavy atom. The molecule has 0 amide bonds. The van der Waals surface area contributed by atoms with Gasteiger partial charge in [-0.2, -0.15) is 0 Å². The van der Waals surface area contributed by atoms with E-state index >= 15 is 0 Å². The molecule has 0 N–H and O–H groups in total. The molecule has 1 rings (SSSR count). The van der Waals surface area contributed by atoms with E-state index in [-0.39, 0.29) is 34.5 Å². The fourth-order valence-corrected chi connectivity index (χ4v) is 18.7. The molecule has 0 saturated heterocycles. The van der Waals surface area contributed by atoms with Crippen LogP contribution in [0.4, 0.5) is 0 Å². The maximum absolute atomic E-state index is 13.0. The number of esters is 2. The number of carbonyl (C=O) groups excluding carboxylic acids is 2. The van der Waals surface area contributed by atoms with Gasteiger partial charge < -0.3 is 17.7 Å². The van der Waals surface area contributed by atoms with Crippen LogP contribution in [0, 0.1) is 5.92 Å². The van der Waals surface area contributed by atoms with Crippen LogP contribution in [0.15, 0.2) is 35.5 Å². The Labute approximate surface area is 312 Å². The van der Waals surface area contributed by atoms with Gasteiger partial charge in [0.05, 0.1) is 0 Å². The molecule has 1 aliphatic rings. The summed E-state index contributed by atoms with van der Waals surface area (Å²) in [6, 6.07) is 0. The summed E-state index contributed by atoms with van der Waals surface area (Å²) in [5.74, 6) is 1.66. The molecule has 0 aromatic rings. The average Bonchev–Trinajstić information content (AvgIpc) is 3.34. The highest BCUT2D eigenvalue weighted by Gasteiger charge is 2.47. The lowest BCUT2D eigenvalue weighted by molar-refractivity contribution is -0.142. The molecule has 0 bridgehead atoms. The van der Waals surface area contributed by atoms with E-state index in [1.807, 2.05) is 18.7 Å². The van der Waals surface area contributed by atoms with E-state index in [1.54, 1.807) is 6.08 Å². The Balaban J connectivity index is 3.47. The number of carbonyl (C=O) groups is 2. The molecule has 6 nitrogen and oxygen atoms in total. The second kappa shape index (κ2) is 22.4. The van der Waals surface area contributed by atoms with Crippen LogP contribution in [0.1, 0.15) is 126 Å². The summed E-state index contributed by atoms with van der Waals surface area (Å²) in [4.78, 5) is 26.1. The summed E-state index contributed by atoms with van der Waals surface area (Å²) >= 11 is 1.86. The fraction of sp³-hybridized carbons (Fsp3) is 0.789. The van der Waals surface area contributed by atoms with Gasteiger partial charge in [0.15, 0.2) is 36.2 Å². The molecular formula is C38H74O6SSi4. The Hall–Kier alpha value is -0.702. The number of rotatable bonds is 24. The third-order valence-corrected chi connectivity index (χ3v) is 23.7. The summed E-state index contributed by atoms with van der Waals surface area (Å²) in [7, 11) is -5.58. The topological polar surface area (TPSA) is 71.1 Å². The van der Waals surface area contributed by atoms with Crippen molar-refractivity contribution in [2.75, 3.05) is 12.4 Å². The molecule has 284 valence electrons. The van der Waals surface area contributed by atoms with Gasteiger partial charge in [0.2, 0.25) is 0 Å². The molecule has 49 heavy (non-hydrogen) atoms. The number of ether oxygens (including phenoxy) is 2. The lowest BCUT2D eigenvalue weighted by Gasteiger charge is -2.37. The number of allylic oxidation sites excluding steroid dienone is 4. The van der Waals surface area contributed by atoms with Crippen molar-refractivity contribution in [1.82, 2.24) is 0 Å². The third-order valence-electron chi connectivity index (χ3n) is 8.96. The zero-order valence-corrected chi connectivity index (χ0v) is 39.3. The first-order valence-electron chi connectivity index (χ1n) is 19.1. The van der Waals surface area contributed by atoms with Gasteiger partial charge in [-0.1, -0.05) is 106 Å². The molecule has 1 aliphatic carbocycles. The molecule has 0 fully saturated rings. The van der Waals surface area contributed by atoms with Gasteiger partial charge in [-0.25, -0.2) is 0 Å². The van der Waals surface area contributed by atoms with E-state index in [9.17, 15) is 9.59 Å². The number of unbranched alkanes of at least 4 members (excludes halogenated alkanes) is 4. The zero-order chi connectivity index (χ0) is 37.3. The minimum absolute atomic E-state index is 0.131. The van der Waals surface area contributed by atoms with E-state index in [1.165, 1.54) is 24.2 Å². The Morgan fingerprint density at radius 2 is 1.55 bits per heavy atom. The lowest BCUT2D eigenvalue weighted by atomic mass is 10.1. The van der Waals surface area contributed by atoms with Crippen molar-refractivity contribution in [1.29, 1.82) is 0 Å². The van der Waals surface area contributed by atoms with Gasteiger partial charge >= 0.3 is 11.9 Å². The predicted molar refractivity (Wildman–Crippen MR) is 223 cm³/mol. The highest BCUT2D eigenvalue weighted by molar-refractivity contribution is 8.03. The van der Waals surface area contributed by atoms with Crippen molar-refractivity contribution in [3.8, 4) is 0 Å². The van der Waals surface area contributed by atoms with Crippen molar-refractivity contribution in [3.05, 3.63) is 35.5 Å². The Bertz CT molecular complexity index is 1080. The number of hydrogen-bond acceptors (Lipinski definition) is 7. The summed E-state index contributed by atoms with van der Waals surface area (Å²) in [5.41, 5.74) is 0.735. The molecule has 0 aliphatic heterocycles. The number of thioether (sulfide) groups is 1. The predicted octanol–water partition coefficient (Wildman–Crippen LogP) is 10.5. The molecule has 0 heterocycles. The van der Waals surface area contributed by atoms with Crippen LogP contribution in [0.2, 0.25) is 47.3 Å². The highest BCUT2D eigenvalue weighted by Crippen LogP contribution is 2.53. The van der Waals surface area contributed by atoms with Gasteiger partial charge in [-0.15, -0.1) is 11.8 Å². The second-order valence-corrected chi connectivity index (χ2v) is 33.5. The minimum atomic E-state index is -2.18. The summed E-state index contributed by atoms with van der Waals surface area (Å²) in [6.45, 7) is 31.6. The molecule has 0 saturated carbocycles. The van der Waals surface area contributed by atoms with Gasteiger partial charge in [0, 0.05) is 30.1 Å². The molecule has 0 unspecified atom stereocenters. The van der Waals surface area contributed by atoms with Crippen LogP contribution in [0.3, 0.4) is 0 Å². The monoisotopic (exact) mass is 770 g/mol. The second-order valence-electron chi connectivity index (χ2n) is 17.4. The van der Waals surface area contributed by atoms with E-state index in [0.717, 1.165) is 50.0 Å². The van der Waals surface area contributed by atoms with Crippen molar-refractivity contribution < 1.29 is 27.3 Å². The van der Waals surface area contributed by atoms with Crippen LogP contribution >= 0.6 is 11.8 Å². The molecule has 0 radical (unpaired) electrons. The van der Waals surface area contributed by atoms with Crippen LogP contribution in [-0.4, -0.2) is 60.5 Å². The first-order chi connectivity index (χ1) is 22.8. The van der Waals surface area contributed by atoms with E-state index in [0.29, 0.717) is 23.9 Å². The molecule has 3 atom stereocenters. The quantitative estimate of drug-likeness (QED) is 0.0419. The molecule has 11 heteroatoms. The first-order valence-corrected chi connectivity index (χ1v) is 28.6. The van der Waals surface area contributed by atoms with Crippen LogP contribution < -0.4 is 0 Å². The van der Waals surface area contributed by atoms with Crippen molar-refractivity contribution in [2.24, 2.45) is 5.92 Å². The van der Waals surface area contributed by atoms with Gasteiger partial charge in [0.1, 0.15) is 12.4 Å². The standard InChI is InChI=1S/C38H74O6SSi4/c1-14-17-19-23-30(48(10,11)43-46-37(4,5)6)25-26-31-33(49(12,13)44-47-38(7,8)9)29-32(42-35(40)22-15-2)36(31)45-28-21-18-20-24-34(39)41-27-16-3/h16,25-26,30-31,33H,3,14-15,17-24,27-29,46-47H2,1-2,4-13H3/b26-25+/t30-,31-,33+/m0/s1. The Morgan fingerprint density at radius 3 is 2.14 bits per heavy atom.